The number of nitrogens with zero attached hydrogens (tertiary/aromatic N) is 4. The van der Waals surface area contributed by atoms with Gasteiger partial charge in [0, 0.05) is 24.4 Å². The molecule has 0 unspecified atom stereocenters. The van der Waals surface area contributed by atoms with E-state index in [9.17, 15) is 4.79 Å². The largest absolute Gasteiger partial charge is 0.481 e. The van der Waals surface area contributed by atoms with E-state index in [1.54, 1.807) is 26.3 Å². The topological polar surface area (TPSA) is 91.2 Å². The molecule has 3 heterocycles. The number of hydrogen-bond donors (Lipinski definition) is 1. The van der Waals surface area contributed by atoms with Gasteiger partial charge in [-0.3, -0.25) is 4.79 Å². The minimum Gasteiger partial charge on any atom is -0.481 e. The van der Waals surface area contributed by atoms with Crippen LogP contribution in [0.4, 0.5) is 0 Å². The van der Waals surface area contributed by atoms with Crippen molar-refractivity contribution in [2.75, 3.05) is 13.7 Å². The summed E-state index contributed by atoms with van der Waals surface area (Å²) in [7, 11) is 1.57. The van der Waals surface area contributed by atoms with Crippen LogP contribution in [-0.2, 0) is 9.53 Å². The van der Waals surface area contributed by atoms with Gasteiger partial charge in [-0.1, -0.05) is 0 Å². The van der Waals surface area contributed by atoms with Crippen LogP contribution >= 0.6 is 0 Å². The molecule has 0 saturated carbocycles. The van der Waals surface area contributed by atoms with Crippen molar-refractivity contribution in [3.8, 4) is 5.88 Å². The van der Waals surface area contributed by atoms with Crippen LogP contribution in [0.5, 0.6) is 5.88 Å². The number of nitrogens with one attached hydrogen (secondary N) is 1. The lowest BCUT2D eigenvalue weighted by Gasteiger charge is -2.22. The average molecular weight is 317 g/mol. The summed E-state index contributed by atoms with van der Waals surface area (Å²) in [6, 6.07) is 3.17. The standard InChI is InChI=1S/C15H19N5O3/c1-10(20-9-16-8-18-20)15(21)19-12-5-6-23-14(12)11-3-4-13(22-2)17-7-11/h3-4,7-10,12,14H,5-6H2,1-2H3,(H,19,21)/t10-,12+,14-/m1/s1. The number of hydrogen-bond acceptors (Lipinski definition) is 6. The van der Waals surface area contributed by atoms with Gasteiger partial charge in [-0.15, -0.1) is 0 Å². The molecule has 0 bridgehead atoms. The zero-order valence-corrected chi connectivity index (χ0v) is 13.0. The van der Waals surface area contributed by atoms with Gasteiger partial charge in [0.15, 0.2) is 0 Å². The summed E-state index contributed by atoms with van der Waals surface area (Å²) >= 11 is 0. The maximum atomic E-state index is 12.4. The number of rotatable bonds is 5. The highest BCUT2D eigenvalue weighted by Crippen LogP contribution is 2.29. The molecule has 2 aromatic heterocycles. The molecule has 3 atom stereocenters. The third kappa shape index (κ3) is 3.31. The van der Waals surface area contributed by atoms with Crippen molar-refractivity contribution in [3.63, 3.8) is 0 Å². The predicted molar refractivity (Wildman–Crippen MR) is 80.8 cm³/mol. The second kappa shape index (κ2) is 6.74. The van der Waals surface area contributed by atoms with Crippen molar-refractivity contribution < 1.29 is 14.3 Å². The van der Waals surface area contributed by atoms with Crippen molar-refractivity contribution in [2.45, 2.75) is 31.5 Å². The number of methoxy groups -OCH3 is 1. The molecule has 0 aliphatic carbocycles. The second-order valence-corrected chi connectivity index (χ2v) is 5.38. The number of pyridine rings is 1. The van der Waals surface area contributed by atoms with Gasteiger partial charge in [0.05, 0.1) is 13.2 Å². The molecule has 0 aromatic carbocycles. The van der Waals surface area contributed by atoms with Gasteiger partial charge in [-0.05, 0) is 19.4 Å². The van der Waals surface area contributed by atoms with E-state index in [1.807, 2.05) is 6.07 Å². The Morgan fingerprint density at radius 3 is 3.04 bits per heavy atom. The van der Waals surface area contributed by atoms with Crippen molar-refractivity contribution in [1.29, 1.82) is 0 Å². The van der Waals surface area contributed by atoms with Gasteiger partial charge in [-0.25, -0.2) is 14.6 Å². The van der Waals surface area contributed by atoms with E-state index in [1.165, 1.54) is 17.3 Å². The Labute approximate surface area is 133 Å². The minimum absolute atomic E-state index is 0.0938. The molecule has 3 rings (SSSR count). The summed E-state index contributed by atoms with van der Waals surface area (Å²) in [6.45, 7) is 2.38. The highest BCUT2D eigenvalue weighted by atomic mass is 16.5. The highest BCUT2D eigenvalue weighted by Gasteiger charge is 2.32. The first-order chi connectivity index (χ1) is 11.2. The molecule has 8 heteroatoms. The molecule has 1 N–H and O–H groups in total. The first kappa shape index (κ1) is 15.4. The van der Waals surface area contributed by atoms with E-state index < -0.39 is 6.04 Å². The van der Waals surface area contributed by atoms with Crippen LogP contribution in [-0.4, -0.2) is 45.4 Å². The van der Waals surface area contributed by atoms with Crippen LogP contribution in [0.25, 0.3) is 0 Å². The molecule has 1 amide bonds. The summed E-state index contributed by atoms with van der Waals surface area (Å²) in [5.41, 5.74) is 0.919. The fraction of sp³-hybridized carbons (Fsp3) is 0.467. The van der Waals surface area contributed by atoms with Gasteiger partial charge in [0.2, 0.25) is 11.8 Å². The predicted octanol–water partition coefficient (Wildman–Crippen LogP) is 0.889. The van der Waals surface area contributed by atoms with Crippen molar-refractivity contribution in [2.24, 2.45) is 0 Å². The Morgan fingerprint density at radius 1 is 1.52 bits per heavy atom. The molecular weight excluding hydrogens is 298 g/mol. The SMILES string of the molecule is COc1ccc([C@H]2OCC[C@@H]2NC(=O)[C@@H](C)n2cncn2)cn1. The molecule has 0 spiro atoms. The van der Waals surface area contributed by atoms with E-state index >= 15 is 0 Å². The average Bonchev–Trinajstić information content (AvgIpc) is 3.26. The quantitative estimate of drug-likeness (QED) is 0.880. The van der Waals surface area contributed by atoms with E-state index in [2.05, 4.69) is 20.4 Å². The fourth-order valence-corrected chi connectivity index (χ4v) is 2.59. The van der Waals surface area contributed by atoms with Gasteiger partial charge in [0.1, 0.15) is 24.8 Å². The molecule has 23 heavy (non-hydrogen) atoms. The Balaban J connectivity index is 1.67. The summed E-state index contributed by atoms with van der Waals surface area (Å²) < 4.78 is 12.3. The number of carbonyl (C=O) groups is 1. The first-order valence-electron chi connectivity index (χ1n) is 7.45. The zero-order chi connectivity index (χ0) is 16.2. The second-order valence-electron chi connectivity index (χ2n) is 5.38. The fourth-order valence-electron chi connectivity index (χ4n) is 2.59. The number of amides is 1. The molecule has 8 nitrogen and oxygen atoms in total. The Bertz CT molecular complexity index is 644. The van der Waals surface area contributed by atoms with Crippen LogP contribution in [0.3, 0.4) is 0 Å². The monoisotopic (exact) mass is 317 g/mol. The third-order valence-corrected chi connectivity index (χ3v) is 3.93. The Hall–Kier alpha value is -2.48. The lowest BCUT2D eigenvalue weighted by Crippen LogP contribution is -2.40. The molecular formula is C15H19N5O3. The molecule has 122 valence electrons. The summed E-state index contributed by atoms with van der Waals surface area (Å²) in [5, 5.41) is 7.03. The smallest absolute Gasteiger partial charge is 0.244 e. The van der Waals surface area contributed by atoms with E-state index in [4.69, 9.17) is 9.47 Å². The van der Waals surface area contributed by atoms with E-state index in [0.29, 0.717) is 12.5 Å². The molecule has 1 saturated heterocycles. The van der Waals surface area contributed by atoms with Gasteiger partial charge in [0.25, 0.3) is 0 Å². The number of ether oxygens (including phenoxy) is 2. The maximum absolute atomic E-state index is 12.4. The molecule has 1 aliphatic heterocycles. The number of aromatic nitrogens is 4. The summed E-state index contributed by atoms with van der Waals surface area (Å²) in [4.78, 5) is 20.4. The summed E-state index contributed by atoms with van der Waals surface area (Å²) in [5.74, 6) is 0.435. The van der Waals surface area contributed by atoms with Crippen molar-refractivity contribution in [3.05, 3.63) is 36.5 Å². The Morgan fingerprint density at radius 2 is 2.39 bits per heavy atom. The molecule has 2 aromatic rings. The number of carbonyl (C=O) groups excluding carboxylic acids is 1. The van der Waals surface area contributed by atoms with Crippen LogP contribution in [0, 0.1) is 0 Å². The van der Waals surface area contributed by atoms with E-state index in [0.717, 1.165) is 12.0 Å². The molecule has 1 aliphatic rings. The maximum Gasteiger partial charge on any atom is 0.244 e. The lowest BCUT2D eigenvalue weighted by atomic mass is 10.0. The van der Waals surface area contributed by atoms with Gasteiger partial charge in [-0.2, -0.15) is 5.10 Å². The Kier molecular flexibility index (Phi) is 4.52. The lowest BCUT2D eigenvalue weighted by molar-refractivity contribution is -0.125. The van der Waals surface area contributed by atoms with Gasteiger partial charge < -0.3 is 14.8 Å². The van der Waals surface area contributed by atoms with Crippen LogP contribution in [0.15, 0.2) is 31.0 Å². The zero-order valence-electron chi connectivity index (χ0n) is 13.0. The van der Waals surface area contributed by atoms with Crippen molar-refractivity contribution >= 4 is 5.91 Å². The van der Waals surface area contributed by atoms with Crippen LogP contribution < -0.4 is 10.1 Å². The van der Waals surface area contributed by atoms with Crippen molar-refractivity contribution in [1.82, 2.24) is 25.1 Å². The summed E-state index contributed by atoms with van der Waals surface area (Å²) in [6.07, 6.45) is 5.20. The highest BCUT2D eigenvalue weighted by molar-refractivity contribution is 5.80. The third-order valence-electron chi connectivity index (χ3n) is 3.93. The first-order valence-corrected chi connectivity index (χ1v) is 7.45. The molecule has 0 radical (unpaired) electrons. The minimum atomic E-state index is -0.423. The van der Waals surface area contributed by atoms with Gasteiger partial charge >= 0.3 is 0 Å². The van der Waals surface area contributed by atoms with E-state index in [-0.39, 0.29) is 18.1 Å². The van der Waals surface area contributed by atoms with Crippen LogP contribution in [0.1, 0.15) is 31.1 Å². The normalized spacial score (nSPS) is 21.8. The molecule has 1 fully saturated rings. The van der Waals surface area contributed by atoms with Crippen LogP contribution in [0.2, 0.25) is 0 Å².